The molecule has 1 N–H and O–H groups in total. The predicted octanol–water partition coefficient (Wildman–Crippen LogP) is 1.96. The van der Waals surface area contributed by atoms with E-state index in [-0.39, 0.29) is 5.91 Å². The number of amides is 1. The molecular weight excluding hydrogens is 276 g/mol. The van der Waals surface area contributed by atoms with E-state index >= 15 is 0 Å². The summed E-state index contributed by atoms with van der Waals surface area (Å²) >= 11 is 0. The van der Waals surface area contributed by atoms with Crippen LogP contribution < -0.4 is 5.32 Å². The third-order valence-electron chi connectivity index (χ3n) is 3.69. The van der Waals surface area contributed by atoms with E-state index in [1.54, 1.807) is 0 Å². The average Bonchev–Trinajstić information content (AvgIpc) is 2.86. The summed E-state index contributed by atoms with van der Waals surface area (Å²) in [6.07, 6.45) is 1.89. The maximum absolute atomic E-state index is 12.0. The lowest BCUT2D eigenvalue weighted by molar-refractivity contribution is -0.122. The van der Waals surface area contributed by atoms with Gasteiger partial charge < -0.3 is 5.32 Å². The van der Waals surface area contributed by atoms with Crippen LogP contribution in [0.1, 0.15) is 23.7 Å². The number of rotatable bonds is 7. The first kappa shape index (κ1) is 16.2. The summed E-state index contributed by atoms with van der Waals surface area (Å²) in [6.45, 7) is 6.68. The van der Waals surface area contributed by atoms with Gasteiger partial charge >= 0.3 is 0 Å². The Kier molecular flexibility index (Phi) is 5.72. The van der Waals surface area contributed by atoms with Gasteiger partial charge in [-0.15, -0.1) is 0 Å². The van der Waals surface area contributed by atoms with E-state index in [1.165, 1.54) is 11.3 Å². The standard InChI is InChI=1S/C17H24N4O/c1-4-21-14(2)16(11-19-21)12-20(3)13-17(22)18-10-15-8-6-5-7-9-15/h5-9,11H,4,10,12-13H2,1-3H3,(H,18,22). The zero-order valence-electron chi connectivity index (χ0n) is 13.5. The molecule has 1 amide bonds. The van der Waals surface area contributed by atoms with Gasteiger partial charge in [-0.1, -0.05) is 30.3 Å². The number of nitrogens with zero attached hydrogens (tertiary/aromatic N) is 3. The van der Waals surface area contributed by atoms with Gasteiger partial charge in [0, 0.05) is 30.9 Å². The fourth-order valence-corrected chi connectivity index (χ4v) is 2.40. The predicted molar refractivity (Wildman–Crippen MR) is 87.3 cm³/mol. The van der Waals surface area contributed by atoms with Crippen LogP contribution in [-0.2, 0) is 24.4 Å². The zero-order chi connectivity index (χ0) is 15.9. The molecule has 0 saturated heterocycles. The van der Waals surface area contributed by atoms with Crippen molar-refractivity contribution in [2.24, 2.45) is 0 Å². The van der Waals surface area contributed by atoms with Gasteiger partial charge in [0.15, 0.2) is 0 Å². The lowest BCUT2D eigenvalue weighted by atomic mass is 10.2. The molecule has 0 aliphatic rings. The Balaban J connectivity index is 1.79. The average molecular weight is 300 g/mol. The van der Waals surface area contributed by atoms with Crippen LogP contribution in [-0.4, -0.2) is 34.2 Å². The van der Waals surface area contributed by atoms with Crippen LogP contribution in [0.15, 0.2) is 36.5 Å². The van der Waals surface area contributed by atoms with E-state index < -0.39 is 0 Å². The highest BCUT2D eigenvalue weighted by atomic mass is 16.2. The molecule has 0 saturated carbocycles. The first-order chi connectivity index (χ1) is 10.6. The Hall–Kier alpha value is -2.14. The van der Waals surface area contributed by atoms with Crippen molar-refractivity contribution in [2.45, 2.75) is 33.5 Å². The van der Waals surface area contributed by atoms with Gasteiger partial charge in [-0.3, -0.25) is 14.4 Å². The van der Waals surface area contributed by atoms with Gasteiger partial charge in [-0.05, 0) is 26.5 Å². The largest absolute Gasteiger partial charge is 0.351 e. The summed E-state index contributed by atoms with van der Waals surface area (Å²) in [6, 6.07) is 9.93. The Bertz CT molecular complexity index is 606. The third kappa shape index (κ3) is 4.43. The number of nitrogens with one attached hydrogen (secondary N) is 1. The summed E-state index contributed by atoms with van der Waals surface area (Å²) in [5.74, 6) is 0.0342. The molecule has 22 heavy (non-hydrogen) atoms. The molecule has 1 aromatic carbocycles. The van der Waals surface area contributed by atoms with Crippen LogP contribution >= 0.6 is 0 Å². The maximum Gasteiger partial charge on any atom is 0.234 e. The Morgan fingerprint density at radius 1 is 1.32 bits per heavy atom. The van der Waals surface area contributed by atoms with Crippen molar-refractivity contribution in [2.75, 3.05) is 13.6 Å². The molecule has 2 rings (SSSR count). The van der Waals surface area contributed by atoms with Crippen molar-refractivity contribution < 1.29 is 4.79 Å². The first-order valence-corrected chi connectivity index (χ1v) is 7.60. The lowest BCUT2D eigenvalue weighted by Crippen LogP contribution is -2.34. The highest BCUT2D eigenvalue weighted by molar-refractivity contribution is 5.77. The number of carbonyl (C=O) groups is 1. The molecule has 5 heteroatoms. The van der Waals surface area contributed by atoms with Crippen molar-refractivity contribution in [1.82, 2.24) is 20.0 Å². The normalized spacial score (nSPS) is 10.9. The third-order valence-corrected chi connectivity index (χ3v) is 3.69. The molecule has 1 aromatic heterocycles. The Morgan fingerprint density at radius 3 is 2.68 bits per heavy atom. The Labute approximate surface area is 131 Å². The van der Waals surface area contributed by atoms with E-state index in [0.29, 0.717) is 13.1 Å². The quantitative estimate of drug-likeness (QED) is 0.850. The molecular formula is C17H24N4O. The SMILES string of the molecule is CCn1ncc(CN(C)CC(=O)NCc2ccccc2)c1C. The number of carbonyl (C=O) groups excluding carboxylic acids is 1. The van der Waals surface area contributed by atoms with Gasteiger partial charge in [0.05, 0.1) is 12.7 Å². The minimum atomic E-state index is 0.0342. The van der Waals surface area contributed by atoms with E-state index in [1.807, 2.05) is 53.2 Å². The molecule has 0 aliphatic heterocycles. The van der Waals surface area contributed by atoms with E-state index in [0.717, 1.165) is 18.7 Å². The number of benzene rings is 1. The van der Waals surface area contributed by atoms with Crippen LogP contribution in [0.2, 0.25) is 0 Å². The second-order valence-corrected chi connectivity index (χ2v) is 5.51. The topological polar surface area (TPSA) is 50.2 Å². The van der Waals surface area contributed by atoms with Crippen molar-refractivity contribution in [3.8, 4) is 0 Å². The van der Waals surface area contributed by atoms with Crippen LogP contribution in [0, 0.1) is 6.92 Å². The number of aromatic nitrogens is 2. The summed E-state index contributed by atoms with van der Waals surface area (Å²) in [5, 5.41) is 7.28. The second-order valence-electron chi connectivity index (χ2n) is 5.51. The molecule has 0 atom stereocenters. The van der Waals surface area contributed by atoms with Crippen LogP contribution in [0.5, 0.6) is 0 Å². The van der Waals surface area contributed by atoms with Gasteiger partial charge in [-0.25, -0.2) is 0 Å². The summed E-state index contributed by atoms with van der Waals surface area (Å²) < 4.78 is 1.97. The van der Waals surface area contributed by atoms with Gasteiger partial charge in [0.25, 0.3) is 0 Å². The molecule has 0 aliphatic carbocycles. The number of aryl methyl sites for hydroxylation is 1. The van der Waals surface area contributed by atoms with Crippen molar-refractivity contribution in [3.05, 3.63) is 53.3 Å². The van der Waals surface area contributed by atoms with Crippen LogP contribution in [0.25, 0.3) is 0 Å². The smallest absolute Gasteiger partial charge is 0.234 e. The minimum Gasteiger partial charge on any atom is -0.351 e. The summed E-state index contributed by atoms with van der Waals surface area (Å²) in [5.41, 5.74) is 3.44. The van der Waals surface area contributed by atoms with Crippen molar-refractivity contribution in [3.63, 3.8) is 0 Å². The van der Waals surface area contributed by atoms with Gasteiger partial charge in [-0.2, -0.15) is 5.10 Å². The highest BCUT2D eigenvalue weighted by Crippen LogP contribution is 2.09. The lowest BCUT2D eigenvalue weighted by Gasteiger charge is -2.16. The van der Waals surface area contributed by atoms with Gasteiger partial charge in [0.2, 0.25) is 5.91 Å². The minimum absolute atomic E-state index is 0.0342. The van der Waals surface area contributed by atoms with Crippen molar-refractivity contribution >= 4 is 5.91 Å². The Morgan fingerprint density at radius 2 is 2.05 bits per heavy atom. The first-order valence-electron chi connectivity index (χ1n) is 7.60. The van der Waals surface area contributed by atoms with E-state index in [9.17, 15) is 4.79 Å². The number of hydrogen-bond acceptors (Lipinski definition) is 3. The maximum atomic E-state index is 12.0. The molecule has 2 aromatic rings. The fourth-order valence-electron chi connectivity index (χ4n) is 2.40. The zero-order valence-corrected chi connectivity index (χ0v) is 13.5. The highest BCUT2D eigenvalue weighted by Gasteiger charge is 2.11. The molecule has 0 bridgehead atoms. The van der Waals surface area contributed by atoms with Crippen LogP contribution in [0.4, 0.5) is 0 Å². The van der Waals surface area contributed by atoms with E-state index in [4.69, 9.17) is 0 Å². The molecule has 118 valence electrons. The van der Waals surface area contributed by atoms with Gasteiger partial charge in [0.1, 0.15) is 0 Å². The van der Waals surface area contributed by atoms with Crippen LogP contribution in [0.3, 0.4) is 0 Å². The number of likely N-dealkylation sites (N-methyl/N-ethyl adjacent to an activating group) is 1. The molecule has 0 spiro atoms. The molecule has 0 unspecified atom stereocenters. The summed E-state index contributed by atoms with van der Waals surface area (Å²) in [7, 11) is 1.95. The monoisotopic (exact) mass is 300 g/mol. The summed E-state index contributed by atoms with van der Waals surface area (Å²) in [4.78, 5) is 14.0. The molecule has 5 nitrogen and oxygen atoms in total. The molecule has 0 radical (unpaired) electrons. The van der Waals surface area contributed by atoms with Crippen molar-refractivity contribution in [1.29, 1.82) is 0 Å². The number of hydrogen-bond donors (Lipinski definition) is 1. The van der Waals surface area contributed by atoms with E-state index in [2.05, 4.69) is 24.3 Å². The molecule has 1 heterocycles. The molecule has 0 fully saturated rings. The fraction of sp³-hybridized carbons (Fsp3) is 0.412. The second kappa shape index (κ2) is 7.75.